The third-order valence-corrected chi connectivity index (χ3v) is 2.54. The molecule has 0 unspecified atom stereocenters. The lowest BCUT2D eigenvalue weighted by molar-refractivity contribution is -0.385. The van der Waals surface area contributed by atoms with Crippen LogP contribution < -0.4 is 0 Å². The Hall–Kier alpha value is -2.00. The fourth-order valence-electron chi connectivity index (χ4n) is 1.19. The van der Waals surface area contributed by atoms with Gasteiger partial charge in [0.05, 0.1) is 10.5 Å². The summed E-state index contributed by atoms with van der Waals surface area (Å²) in [5, 5.41) is 19.2. The van der Waals surface area contributed by atoms with Crippen LogP contribution in [0.2, 0.25) is 0 Å². The molecule has 0 saturated carbocycles. The van der Waals surface area contributed by atoms with Crippen molar-refractivity contribution in [3.8, 4) is 0 Å². The Bertz CT molecular complexity index is 578. The second-order valence-corrected chi connectivity index (χ2v) is 4.58. The fraction of sp³-hybridized carbons (Fsp3) is 0.125. The third kappa shape index (κ3) is 3.50. The van der Waals surface area contributed by atoms with Gasteiger partial charge in [0.25, 0.3) is 15.8 Å². The normalized spacial score (nSPS) is 11.1. The SMILES string of the molecule is O=C(O)c1ccc(CS(=O)(=O)O)c([N+](=O)[O-])c1. The third-order valence-electron chi connectivity index (χ3n) is 1.87. The summed E-state index contributed by atoms with van der Waals surface area (Å²) in [6.45, 7) is 0. The first-order valence-corrected chi connectivity index (χ1v) is 5.77. The first-order valence-electron chi connectivity index (χ1n) is 4.16. The van der Waals surface area contributed by atoms with E-state index in [0.717, 1.165) is 18.2 Å². The van der Waals surface area contributed by atoms with E-state index < -0.39 is 32.5 Å². The lowest BCUT2D eigenvalue weighted by atomic mass is 10.1. The first kappa shape index (κ1) is 13.1. The summed E-state index contributed by atoms with van der Waals surface area (Å²) < 4.78 is 29.8. The summed E-state index contributed by atoms with van der Waals surface area (Å²) in [5.74, 6) is -2.31. The molecule has 0 aliphatic rings. The minimum absolute atomic E-state index is 0.275. The smallest absolute Gasteiger partial charge is 0.335 e. The molecule has 1 aromatic rings. The van der Waals surface area contributed by atoms with Gasteiger partial charge in [-0.3, -0.25) is 14.7 Å². The van der Waals surface area contributed by atoms with Crippen LogP contribution in [0.3, 0.4) is 0 Å². The van der Waals surface area contributed by atoms with Crippen LogP contribution in [-0.2, 0) is 15.9 Å². The molecule has 0 spiro atoms. The van der Waals surface area contributed by atoms with Gasteiger partial charge in [-0.2, -0.15) is 8.42 Å². The number of rotatable bonds is 4. The molecular formula is C8H7NO7S. The highest BCUT2D eigenvalue weighted by Gasteiger charge is 2.20. The summed E-state index contributed by atoms with van der Waals surface area (Å²) in [6, 6.07) is 2.74. The van der Waals surface area contributed by atoms with Crippen molar-refractivity contribution in [3.05, 3.63) is 39.4 Å². The van der Waals surface area contributed by atoms with Crippen molar-refractivity contribution in [3.63, 3.8) is 0 Å². The number of hydrogen-bond donors (Lipinski definition) is 2. The van der Waals surface area contributed by atoms with Crippen LogP contribution in [0.1, 0.15) is 15.9 Å². The van der Waals surface area contributed by atoms with Crippen molar-refractivity contribution < 1.29 is 27.8 Å². The van der Waals surface area contributed by atoms with Gasteiger partial charge in [-0.15, -0.1) is 0 Å². The van der Waals surface area contributed by atoms with Crippen molar-refractivity contribution in [2.24, 2.45) is 0 Å². The summed E-state index contributed by atoms with van der Waals surface area (Å²) >= 11 is 0. The Balaban J connectivity index is 3.32. The standard InChI is InChI=1S/C8H7NO7S/c10-8(11)5-1-2-6(4-17(14,15)16)7(3-5)9(12)13/h1-3H,4H2,(H,10,11)(H,14,15,16). The Morgan fingerprint density at radius 1 is 1.41 bits per heavy atom. The molecule has 0 bridgehead atoms. The zero-order valence-corrected chi connectivity index (χ0v) is 9.05. The van der Waals surface area contributed by atoms with Gasteiger partial charge in [0.2, 0.25) is 0 Å². The van der Waals surface area contributed by atoms with E-state index in [4.69, 9.17) is 9.66 Å². The van der Waals surface area contributed by atoms with Gasteiger partial charge >= 0.3 is 5.97 Å². The molecule has 2 N–H and O–H groups in total. The average Bonchev–Trinajstić information content (AvgIpc) is 2.14. The lowest BCUT2D eigenvalue weighted by Crippen LogP contribution is -2.06. The van der Waals surface area contributed by atoms with Crippen LogP contribution in [0.4, 0.5) is 5.69 Å². The Kier molecular flexibility index (Phi) is 3.44. The molecule has 0 amide bonds. The predicted molar refractivity (Wildman–Crippen MR) is 55.3 cm³/mol. The average molecular weight is 261 g/mol. The topological polar surface area (TPSA) is 135 Å². The maximum atomic E-state index is 10.6. The fourth-order valence-corrected chi connectivity index (χ4v) is 1.82. The zero-order chi connectivity index (χ0) is 13.2. The van der Waals surface area contributed by atoms with E-state index in [9.17, 15) is 23.3 Å². The molecule has 0 aromatic heterocycles. The van der Waals surface area contributed by atoms with Crippen LogP contribution in [0.15, 0.2) is 18.2 Å². The number of nitro groups is 1. The highest BCUT2D eigenvalue weighted by molar-refractivity contribution is 7.85. The lowest BCUT2D eigenvalue weighted by Gasteiger charge is -2.02. The molecule has 0 aliphatic heterocycles. The molecule has 17 heavy (non-hydrogen) atoms. The number of nitrogens with zero attached hydrogens (tertiary/aromatic N) is 1. The molecule has 0 heterocycles. The molecule has 0 saturated heterocycles. The van der Waals surface area contributed by atoms with Crippen LogP contribution in [0.25, 0.3) is 0 Å². The van der Waals surface area contributed by atoms with Gasteiger partial charge < -0.3 is 5.11 Å². The van der Waals surface area contributed by atoms with Crippen molar-refractivity contribution in [1.29, 1.82) is 0 Å². The van der Waals surface area contributed by atoms with Gasteiger partial charge in [0, 0.05) is 11.6 Å². The molecule has 1 rings (SSSR count). The molecular weight excluding hydrogens is 254 g/mol. The largest absolute Gasteiger partial charge is 0.478 e. The van der Waals surface area contributed by atoms with E-state index in [2.05, 4.69) is 0 Å². The summed E-state index contributed by atoms with van der Waals surface area (Å²) in [7, 11) is -4.42. The van der Waals surface area contributed by atoms with E-state index in [1.54, 1.807) is 0 Å². The molecule has 9 heteroatoms. The van der Waals surface area contributed by atoms with E-state index in [-0.39, 0.29) is 11.1 Å². The summed E-state index contributed by atoms with van der Waals surface area (Å²) in [5.41, 5.74) is -1.28. The van der Waals surface area contributed by atoms with E-state index in [1.165, 1.54) is 0 Å². The van der Waals surface area contributed by atoms with E-state index >= 15 is 0 Å². The van der Waals surface area contributed by atoms with E-state index in [0.29, 0.717) is 0 Å². The molecule has 0 aliphatic carbocycles. The van der Waals surface area contributed by atoms with Crippen LogP contribution in [0, 0.1) is 10.1 Å². The molecule has 8 nitrogen and oxygen atoms in total. The quantitative estimate of drug-likeness (QED) is 0.462. The minimum Gasteiger partial charge on any atom is -0.478 e. The second kappa shape index (κ2) is 4.47. The van der Waals surface area contributed by atoms with Crippen molar-refractivity contribution in [2.45, 2.75) is 5.75 Å². The Morgan fingerprint density at radius 2 is 2.00 bits per heavy atom. The number of hydrogen-bond acceptors (Lipinski definition) is 5. The van der Waals surface area contributed by atoms with Crippen molar-refractivity contribution >= 4 is 21.8 Å². The van der Waals surface area contributed by atoms with Crippen LogP contribution in [-0.4, -0.2) is 29.0 Å². The molecule has 0 fully saturated rings. The highest BCUT2D eigenvalue weighted by Crippen LogP contribution is 2.22. The predicted octanol–water partition coefficient (Wildman–Crippen LogP) is 0.681. The van der Waals surface area contributed by atoms with Gasteiger partial charge in [0.1, 0.15) is 5.75 Å². The number of nitro benzene ring substituents is 1. The first-order chi connectivity index (χ1) is 7.70. The van der Waals surface area contributed by atoms with Crippen LogP contribution >= 0.6 is 0 Å². The Morgan fingerprint density at radius 3 is 2.41 bits per heavy atom. The van der Waals surface area contributed by atoms with Crippen molar-refractivity contribution in [1.82, 2.24) is 0 Å². The van der Waals surface area contributed by atoms with Gasteiger partial charge in [-0.1, -0.05) is 6.07 Å². The maximum absolute atomic E-state index is 10.6. The summed E-state index contributed by atoms with van der Waals surface area (Å²) in [4.78, 5) is 20.3. The maximum Gasteiger partial charge on any atom is 0.335 e. The van der Waals surface area contributed by atoms with Gasteiger partial charge in [-0.25, -0.2) is 4.79 Å². The number of benzene rings is 1. The van der Waals surface area contributed by atoms with Crippen LogP contribution in [0.5, 0.6) is 0 Å². The minimum atomic E-state index is -4.42. The van der Waals surface area contributed by atoms with Gasteiger partial charge in [-0.05, 0) is 6.07 Å². The summed E-state index contributed by atoms with van der Waals surface area (Å²) in [6.07, 6.45) is 0. The number of aromatic carboxylic acids is 1. The number of carboxylic acids is 1. The molecule has 0 atom stereocenters. The van der Waals surface area contributed by atoms with Crippen molar-refractivity contribution in [2.75, 3.05) is 0 Å². The highest BCUT2D eigenvalue weighted by atomic mass is 32.2. The second-order valence-electron chi connectivity index (χ2n) is 3.13. The zero-order valence-electron chi connectivity index (χ0n) is 8.23. The molecule has 1 aromatic carbocycles. The molecule has 0 radical (unpaired) electrons. The number of carboxylic acid groups (broad SMARTS) is 1. The molecule has 92 valence electrons. The van der Waals surface area contributed by atoms with Gasteiger partial charge in [0.15, 0.2) is 0 Å². The van der Waals surface area contributed by atoms with E-state index in [1.807, 2.05) is 0 Å². The Labute approximate surface area is 95.4 Å². The monoisotopic (exact) mass is 261 g/mol. The number of carbonyl (C=O) groups is 1.